The van der Waals surface area contributed by atoms with Gasteiger partial charge in [-0.15, -0.1) is 0 Å². The van der Waals surface area contributed by atoms with Crippen molar-refractivity contribution < 1.29 is 0 Å². The Morgan fingerprint density at radius 1 is 0.447 bits per heavy atom. The molecule has 0 aliphatic carbocycles. The molecule has 0 N–H and O–H groups in total. The van der Waals surface area contributed by atoms with E-state index in [1.165, 1.54) is 25.7 Å². The zero-order valence-electron chi connectivity index (χ0n) is 22.6. The molecule has 2 aliphatic rings. The maximum atomic E-state index is 3.13. The van der Waals surface area contributed by atoms with Crippen LogP contribution in [0.15, 0.2) is 121 Å². The van der Waals surface area contributed by atoms with Crippen molar-refractivity contribution in [3.05, 3.63) is 144 Å². The number of benzene rings is 4. The second-order valence-corrected chi connectivity index (χ2v) is 16.2. The average molecular weight is 536 g/mol. The van der Waals surface area contributed by atoms with Gasteiger partial charge in [-0.25, -0.2) is 0 Å². The van der Waals surface area contributed by atoms with E-state index in [1.54, 1.807) is 22.3 Å². The van der Waals surface area contributed by atoms with E-state index in [1.807, 2.05) is 0 Å². The van der Waals surface area contributed by atoms with Gasteiger partial charge in [-0.05, 0) is 77.9 Å². The van der Waals surface area contributed by atoms with Crippen LogP contribution in [0, 0.1) is 0 Å². The van der Waals surface area contributed by atoms with Crippen LogP contribution in [0.25, 0.3) is 0 Å². The van der Waals surface area contributed by atoms with Gasteiger partial charge in [-0.3, -0.25) is 4.44 Å². The lowest BCUT2D eigenvalue weighted by molar-refractivity contribution is 0.555. The first kappa shape index (κ1) is 26.0. The molecule has 2 fully saturated rings. The molecule has 4 aromatic rings. The molecule has 3 heteroatoms. The third-order valence-corrected chi connectivity index (χ3v) is 16.3. The first-order valence-electron chi connectivity index (χ1n) is 14.3. The fourth-order valence-corrected chi connectivity index (χ4v) is 15.9. The topological polar surface area (TPSA) is 3.24 Å². The normalized spacial score (nSPS) is 24.4. The Bertz CT molecular complexity index is 1080. The summed E-state index contributed by atoms with van der Waals surface area (Å²) in [5.41, 5.74) is 8.66. The van der Waals surface area contributed by atoms with E-state index < -0.39 is 16.1 Å². The van der Waals surface area contributed by atoms with E-state index >= 15 is 0 Å². The molecule has 0 unspecified atom stereocenters. The van der Waals surface area contributed by atoms with E-state index in [0.29, 0.717) is 28.7 Å². The van der Waals surface area contributed by atoms with Crippen molar-refractivity contribution in [2.45, 2.75) is 68.2 Å². The van der Waals surface area contributed by atoms with Gasteiger partial charge >= 0.3 is 0 Å². The van der Waals surface area contributed by atoms with Crippen molar-refractivity contribution in [3.8, 4) is 0 Å². The van der Waals surface area contributed by atoms with Crippen molar-refractivity contribution in [2.75, 3.05) is 0 Å². The van der Waals surface area contributed by atoms with Crippen molar-refractivity contribution >= 4 is 16.1 Å². The van der Waals surface area contributed by atoms with Crippen molar-refractivity contribution in [1.29, 1.82) is 0 Å². The lowest BCUT2D eigenvalue weighted by Gasteiger charge is -2.47. The molecule has 0 radical (unpaired) electrons. The van der Waals surface area contributed by atoms with Crippen LogP contribution in [-0.2, 0) is 0 Å². The van der Waals surface area contributed by atoms with Gasteiger partial charge in [-0.2, -0.15) is 0 Å². The van der Waals surface area contributed by atoms with Crippen molar-refractivity contribution in [1.82, 2.24) is 4.44 Å². The molecule has 2 saturated heterocycles. The van der Waals surface area contributed by atoms with Crippen molar-refractivity contribution in [2.24, 2.45) is 0 Å². The summed E-state index contributed by atoms with van der Waals surface area (Å²) >= 11 is 0. The lowest BCUT2D eigenvalue weighted by Crippen LogP contribution is -2.25. The van der Waals surface area contributed by atoms with Crippen LogP contribution >= 0.6 is 16.1 Å². The van der Waals surface area contributed by atoms with Crippen LogP contribution in [0.3, 0.4) is 0 Å². The summed E-state index contributed by atoms with van der Waals surface area (Å²) < 4.78 is 3.13. The van der Waals surface area contributed by atoms with Gasteiger partial charge < -0.3 is 0 Å². The van der Waals surface area contributed by atoms with Gasteiger partial charge in [0.1, 0.15) is 0 Å². The maximum Gasteiger partial charge on any atom is 0.0183 e. The number of nitrogens with zero attached hydrogens (tertiary/aromatic N) is 1. The van der Waals surface area contributed by atoms with Crippen LogP contribution in [0.4, 0.5) is 0 Å². The summed E-state index contributed by atoms with van der Waals surface area (Å²) in [4.78, 5) is 0. The molecule has 0 spiro atoms. The molecule has 2 aliphatic heterocycles. The second kappa shape index (κ2) is 11.8. The summed E-state index contributed by atoms with van der Waals surface area (Å²) in [6.45, 7) is 4.96. The molecule has 4 atom stereocenters. The Morgan fingerprint density at radius 2 is 0.684 bits per heavy atom. The highest BCUT2D eigenvalue weighted by molar-refractivity contribution is 7.71. The van der Waals surface area contributed by atoms with Gasteiger partial charge in [0.25, 0.3) is 0 Å². The van der Waals surface area contributed by atoms with E-state index in [9.17, 15) is 0 Å². The Kier molecular flexibility index (Phi) is 8.08. The quantitative estimate of drug-likeness (QED) is 0.213. The molecule has 0 saturated carbocycles. The Hall–Kier alpha value is -2.30. The van der Waals surface area contributed by atoms with E-state index in [2.05, 4.69) is 140 Å². The summed E-state index contributed by atoms with van der Waals surface area (Å²) in [6, 6.07) is 46.4. The number of hydrogen-bond donors (Lipinski definition) is 0. The fourth-order valence-electron chi connectivity index (χ4n) is 6.80. The minimum absolute atomic E-state index is 0.410. The minimum Gasteiger partial charge on any atom is -0.255 e. The van der Waals surface area contributed by atoms with Crippen LogP contribution in [0.1, 0.15) is 84.4 Å². The molecule has 38 heavy (non-hydrogen) atoms. The minimum atomic E-state index is -0.410. The number of hydrogen-bond acceptors (Lipinski definition) is 1. The molecular weight excluding hydrogens is 496 g/mol. The highest BCUT2D eigenvalue weighted by Gasteiger charge is 2.50. The van der Waals surface area contributed by atoms with Gasteiger partial charge in [-0.1, -0.05) is 121 Å². The standard InChI is InChI=1S/C35H39NP2/c1-27(2)36(37-32(28-15-7-3-8-16-28)23-24-33(37)29-17-9-4-10-18-29)38-34(30-19-11-5-12-20-30)25-26-35(38)31-21-13-6-14-22-31/h3-22,27,32-35H,23-26H2,1-2H3/t32-,33-,34-,35-/m0/s1. The smallest absolute Gasteiger partial charge is 0.0183 e. The van der Waals surface area contributed by atoms with E-state index in [4.69, 9.17) is 0 Å². The zero-order valence-corrected chi connectivity index (χ0v) is 24.4. The van der Waals surface area contributed by atoms with Gasteiger partial charge in [0.15, 0.2) is 0 Å². The summed E-state index contributed by atoms with van der Waals surface area (Å²) in [5, 5.41) is 0. The predicted octanol–water partition coefficient (Wildman–Crippen LogP) is 11.0. The molecule has 1 nitrogen and oxygen atoms in total. The van der Waals surface area contributed by atoms with Crippen LogP contribution in [-0.4, -0.2) is 10.5 Å². The monoisotopic (exact) mass is 535 g/mol. The second-order valence-electron chi connectivity index (χ2n) is 11.0. The van der Waals surface area contributed by atoms with E-state index in [0.717, 1.165) is 0 Å². The molecular formula is C35H39NP2. The van der Waals surface area contributed by atoms with Crippen LogP contribution < -0.4 is 0 Å². The van der Waals surface area contributed by atoms with E-state index in [-0.39, 0.29) is 0 Å². The number of rotatable bonds is 7. The third kappa shape index (κ3) is 5.14. The largest absolute Gasteiger partial charge is 0.255 e. The van der Waals surface area contributed by atoms with Gasteiger partial charge in [0.05, 0.1) is 0 Å². The molecule has 4 aromatic carbocycles. The maximum absolute atomic E-state index is 3.13. The third-order valence-electron chi connectivity index (χ3n) is 8.38. The first-order chi connectivity index (χ1) is 18.7. The summed E-state index contributed by atoms with van der Waals surface area (Å²) in [6.07, 6.45) is 5.14. The van der Waals surface area contributed by atoms with Crippen LogP contribution in [0.5, 0.6) is 0 Å². The Morgan fingerprint density at radius 3 is 0.895 bits per heavy atom. The molecule has 0 aromatic heterocycles. The summed E-state index contributed by atoms with van der Waals surface area (Å²) in [5.74, 6) is 0. The Labute approximate surface area is 231 Å². The SMILES string of the molecule is CC(C)N(P1[C@H](c2ccccc2)CC[C@H]1c1ccccc1)P1[C@H](c2ccccc2)CC[C@H]1c1ccccc1. The molecule has 2 heterocycles. The first-order valence-corrected chi connectivity index (χ1v) is 17.1. The summed E-state index contributed by atoms with van der Waals surface area (Å²) in [7, 11) is -0.821. The molecule has 6 rings (SSSR count). The predicted molar refractivity (Wildman–Crippen MR) is 166 cm³/mol. The average Bonchev–Trinajstić information content (AvgIpc) is 3.61. The lowest BCUT2D eigenvalue weighted by atomic mass is 10.0. The zero-order chi connectivity index (χ0) is 25.9. The highest BCUT2D eigenvalue weighted by Crippen LogP contribution is 2.84. The molecule has 194 valence electrons. The van der Waals surface area contributed by atoms with Crippen molar-refractivity contribution in [3.63, 3.8) is 0 Å². The van der Waals surface area contributed by atoms with Gasteiger partial charge in [0.2, 0.25) is 0 Å². The van der Waals surface area contributed by atoms with Crippen LogP contribution in [0.2, 0.25) is 0 Å². The molecule has 0 bridgehead atoms. The van der Waals surface area contributed by atoms with Gasteiger partial charge in [0, 0.05) is 28.7 Å². The molecule has 0 amide bonds. The fraction of sp³-hybridized carbons (Fsp3) is 0.314. The highest BCUT2D eigenvalue weighted by atomic mass is 31.2. The Balaban J connectivity index is 1.49.